The molecule has 0 saturated carbocycles. The van der Waals surface area contributed by atoms with Crippen molar-refractivity contribution in [1.29, 1.82) is 5.26 Å². The number of nitrogens with zero attached hydrogens (tertiary/aromatic N) is 3. The minimum absolute atomic E-state index is 0.371. The maximum atomic E-state index is 9.34. The quantitative estimate of drug-likeness (QED) is 0.451. The highest BCUT2D eigenvalue weighted by Gasteiger charge is 2.15. The zero-order valence-electron chi connectivity index (χ0n) is 13.2. The van der Waals surface area contributed by atoms with Crippen molar-refractivity contribution in [1.82, 2.24) is 15.0 Å². The van der Waals surface area contributed by atoms with E-state index in [1.165, 1.54) is 10.8 Å². The zero-order valence-corrected chi connectivity index (χ0v) is 13.2. The lowest BCUT2D eigenvalue weighted by molar-refractivity contribution is 1.23. The molecule has 0 unspecified atom stereocenters. The number of fused-ring (bicyclic) bond motifs is 6. The molecule has 0 fully saturated rings. The molecule has 1 N–H and O–H groups in total. The summed E-state index contributed by atoms with van der Waals surface area (Å²) in [5.41, 5.74) is 2.98. The van der Waals surface area contributed by atoms with Crippen molar-refractivity contribution in [2.24, 2.45) is 0 Å². The normalized spacial score (nSPS) is 11.2. The molecule has 2 heterocycles. The van der Waals surface area contributed by atoms with Gasteiger partial charge in [0.2, 0.25) is 0 Å². The summed E-state index contributed by atoms with van der Waals surface area (Å²) in [4.78, 5) is 12.4. The average Bonchev–Trinajstić information content (AvgIpc) is 3.14. The van der Waals surface area contributed by atoms with Gasteiger partial charge < -0.3 is 4.98 Å². The van der Waals surface area contributed by atoms with Crippen LogP contribution in [0.1, 0.15) is 5.69 Å². The van der Waals surface area contributed by atoms with Crippen LogP contribution >= 0.6 is 0 Å². The molecule has 0 aliphatic heterocycles. The number of benzene rings is 3. The molecular weight excluding hydrogens is 308 g/mol. The van der Waals surface area contributed by atoms with E-state index in [2.05, 4.69) is 40.3 Å². The van der Waals surface area contributed by atoms with Crippen LogP contribution in [0.3, 0.4) is 0 Å². The number of hydrogen-bond donors (Lipinski definition) is 1. The topological polar surface area (TPSA) is 65.4 Å². The van der Waals surface area contributed by atoms with Crippen molar-refractivity contribution >= 4 is 32.6 Å². The van der Waals surface area contributed by atoms with Gasteiger partial charge in [-0.1, -0.05) is 48.5 Å². The van der Waals surface area contributed by atoms with Crippen molar-refractivity contribution in [3.63, 3.8) is 0 Å². The third-order valence-electron chi connectivity index (χ3n) is 4.54. The van der Waals surface area contributed by atoms with Crippen LogP contribution in [-0.4, -0.2) is 15.0 Å². The number of rotatable bonds is 1. The van der Waals surface area contributed by atoms with E-state index in [4.69, 9.17) is 4.98 Å². The van der Waals surface area contributed by atoms with Gasteiger partial charge in [0.25, 0.3) is 0 Å². The third kappa shape index (κ3) is 1.93. The molecule has 0 spiro atoms. The lowest BCUT2D eigenvalue weighted by Gasteiger charge is -2.05. The largest absolute Gasteiger partial charge is 0.337 e. The van der Waals surface area contributed by atoms with E-state index in [1.54, 1.807) is 6.20 Å². The van der Waals surface area contributed by atoms with E-state index in [-0.39, 0.29) is 0 Å². The molecule has 0 aliphatic rings. The molecule has 0 radical (unpaired) electrons. The lowest BCUT2D eigenvalue weighted by Crippen LogP contribution is -1.89. The first kappa shape index (κ1) is 13.7. The Kier molecular flexibility index (Phi) is 2.82. The number of nitriles is 1. The Labute approximate surface area is 143 Å². The summed E-state index contributed by atoms with van der Waals surface area (Å²) in [6, 6.07) is 22.4. The van der Waals surface area contributed by atoms with E-state index >= 15 is 0 Å². The van der Waals surface area contributed by atoms with Crippen LogP contribution in [0.4, 0.5) is 0 Å². The van der Waals surface area contributed by atoms with E-state index in [9.17, 15) is 5.26 Å². The van der Waals surface area contributed by atoms with Crippen molar-refractivity contribution in [2.75, 3.05) is 0 Å². The molecule has 3 aromatic carbocycles. The van der Waals surface area contributed by atoms with Crippen LogP contribution in [0.5, 0.6) is 0 Å². The molecule has 5 rings (SSSR count). The van der Waals surface area contributed by atoms with E-state index in [0.717, 1.165) is 27.4 Å². The van der Waals surface area contributed by atoms with Gasteiger partial charge in [-0.3, -0.25) is 0 Å². The number of pyridine rings is 1. The van der Waals surface area contributed by atoms with Crippen LogP contribution < -0.4 is 0 Å². The molecule has 0 bridgehead atoms. The first-order valence-electron chi connectivity index (χ1n) is 8.01. The Morgan fingerprint density at radius 3 is 2.24 bits per heavy atom. The SMILES string of the molecule is N#Cc1ncccc1-c1nc2c3ccccc3c3ccccc3c2[nH]1. The van der Waals surface area contributed by atoms with Crippen LogP contribution in [-0.2, 0) is 0 Å². The minimum atomic E-state index is 0.371. The minimum Gasteiger partial charge on any atom is -0.337 e. The van der Waals surface area contributed by atoms with Gasteiger partial charge in [-0.15, -0.1) is 0 Å². The van der Waals surface area contributed by atoms with Gasteiger partial charge in [0.05, 0.1) is 16.6 Å². The number of aromatic nitrogens is 3. The van der Waals surface area contributed by atoms with E-state index < -0.39 is 0 Å². The molecule has 0 aliphatic carbocycles. The van der Waals surface area contributed by atoms with Gasteiger partial charge in [-0.25, -0.2) is 9.97 Å². The average molecular weight is 320 g/mol. The van der Waals surface area contributed by atoms with Gasteiger partial charge >= 0.3 is 0 Å². The highest BCUT2D eigenvalue weighted by Crippen LogP contribution is 2.35. The predicted molar refractivity (Wildman–Crippen MR) is 99.1 cm³/mol. The summed E-state index contributed by atoms with van der Waals surface area (Å²) >= 11 is 0. The number of H-pyrrole nitrogens is 1. The molecule has 2 aromatic heterocycles. The molecule has 0 saturated heterocycles. The van der Waals surface area contributed by atoms with Crippen molar-refractivity contribution in [3.8, 4) is 17.5 Å². The van der Waals surface area contributed by atoms with E-state index in [1.807, 2.05) is 36.4 Å². The predicted octanol–water partition coefficient (Wildman–Crippen LogP) is 4.80. The molecule has 25 heavy (non-hydrogen) atoms. The van der Waals surface area contributed by atoms with Crippen LogP contribution in [0.2, 0.25) is 0 Å². The molecular formula is C21H12N4. The van der Waals surface area contributed by atoms with Crippen molar-refractivity contribution in [2.45, 2.75) is 0 Å². The van der Waals surface area contributed by atoms with Gasteiger partial charge in [-0.05, 0) is 22.9 Å². The summed E-state index contributed by atoms with van der Waals surface area (Å²) in [5.74, 6) is 0.668. The first-order valence-corrected chi connectivity index (χ1v) is 8.01. The van der Waals surface area contributed by atoms with Crippen molar-refractivity contribution in [3.05, 3.63) is 72.6 Å². The molecule has 4 nitrogen and oxygen atoms in total. The third-order valence-corrected chi connectivity index (χ3v) is 4.54. The second-order valence-electron chi connectivity index (χ2n) is 5.91. The number of aromatic amines is 1. The first-order chi connectivity index (χ1) is 12.4. The van der Waals surface area contributed by atoms with Crippen LogP contribution in [0.15, 0.2) is 66.9 Å². The molecule has 4 heteroatoms. The number of imidazole rings is 1. The lowest BCUT2D eigenvalue weighted by atomic mass is 10.0. The maximum Gasteiger partial charge on any atom is 0.151 e. The maximum absolute atomic E-state index is 9.34. The van der Waals surface area contributed by atoms with Crippen LogP contribution in [0, 0.1) is 11.3 Å². The summed E-state index contributed by atoms with van der Waals surface area (Å²) < 4.78 is 0. The van der Waals surface area contributed by atoms with Gasteiger partial charge in [-0.2, -0.15) is 5.26 Å². The Morgan fingerprint density at radius 2 is 1.48 bits per heavy atom. The Bertz CT molecular complexity index is 1240. The van der Waals surface area contributed by atoms with Crippen LogP contribution in [0.25, 0.3) is 44.0 Å². The zero-order chi connectivity index (χ0) is 16.8. The van der Waals surface area contributed by atoms with Gasteiger partial charge in [0.15, 0.2) is 5.69 Å². The molecule has 5 aromatic rings. The number of nitrogens with one attached hydrogen (secondary N) is 1. The summed E-state index contributed by atoms with van der Waals surface area (Å²) in [7, 11) is 0. The fraction of sp³-hybridized carbons (Fsp3) is 0. The smallest absolute Gasteiger partial charge is 0.151 e. The fourth-order valence-corrected chi connectivity index (χ4v) is 3.44. The standard InChI is InChI=1S/C21H12N4/c22-12-18-17(10-5-11-23-18)21-24-19-15-8-3-1-6-13(15)14-7-2-4-9-16(14)20(19)25-21/h1-11H,(H,24,25). The second-order valence-corrected chi connectivity index (χ2v) is 5.91. The Balaban J connectivity index is 1.97. The molecule has 0 atom stereocenters. The highest BCUT2D eigenvalue weighted by atomic mass is 14.9. The van der Waals surface area contributed by atoms with E-state index in [0.29, 0.717) is 11.5 Å². The van der Waals surface area contributed by atoms with Gasteiger partial charge in [0.1, 0.15) is 11.9 Å². The summed E-state index contributed by atoms with van der Waals surface area (Å²) in [6.07, 6.45) is 1.62. The highest BCUT2D eigenvalue weighted by molar-refractivity contribution is 6.23. The second kappa shape index (κ2) is 5.15. The van der Waals surface area contributed by atoms with Crippen molar-refractivity contribution < 1.29 is 0 Å². The summed E-state index contributed by atoms with van der Waals surface area (Å²) in [6.45, 7) is 0. The fourth-order valence-electron chi connectivity index (χ4n) is 3.44. The monoisotopic (exact) mass is 320 g/mol. The molecule has 0 amide bonds. The Morgan fingerprint density at radius 1 is 0.800 bits per heavy atom. The number of hydrogen-bond acceptors (Lipinski definition) is 3. The Hall–Kier alpha value is -3.71. The molecule has 116 valence electrons. The summed E-state index contributed by atoms with van der Waals surface area (Å²) in [5, 5.41) is 13.9. The van der Waals surface area contributed by atoms with Gasteiger partial charge in [0, 0.05) is 17.0 Å².